The first-order valence-corrected chi connectivity index (χ1v) is 11.1. The predicted octanol–water partition coefficient (Wildman–Crippen LogP) is 4.57. The molecule has 0 fully saturated rings. The number of aryl methyl sites for hydroxylation is 1. The average molecular weight is 432 g/mol. The molecule has 6 nitrogen and oxygen atoms in total. The molecule has 10 heteroatoms. The number of thiophene rings is 1. The molecule has 2 aromatic heterocycles. The lowest BCUT2D eigenvalue weighted by atomic mass is 10.1. The highest BCUT2D eigenvalue weighted by Gasteiger charge is 2.23. The summed E-state index contributed by atoms with van der Waals surface area (Å²) in [6.45, 7) is 0. The second-order valence-corrected chi connectivity index (χ2v) is 9.32. The van der Waals surface area contributed by atoms with E-state index in [0.29, 0.717) is 25.7 Å². The molecule has 4 rings (SSSR count). The fourth-order valence-corrected chi connectivity index (χ4v) is 5.74. The van der Waals surface area contributed by atoms with E-state index in [1.807, 2.05) is 0 Å². The number of anilines is 3. The van der Waals surface area contributed by atoms with Crippen LogP contribution in [0.5, 0.6) is 0 Å². The molecule has 142 valence electrons. The van der Waals surface area contributed by atoms with Gasteiger partial charge in [-0.1, -0.05) is 29.2 Å². The number of nitrogens with one attached hydrogen (secondary N) is 2. The predicted molar refractivity (Wildman–Crippen MR) is 110 cm³/mol. The third-order valence-corrected chi connectivity index (χ3v) is 7.27. The maximum Gasteiger partial charge on any atom is 0.235 e. The number of hydrogen-bond donors (Lipinski definition) is 2. The lowest BCUT2D eigenvalue weighted by molar-refractivity contribution is -0.113. The Hall–Kier alpha value is -2.48. The van der Waals surface area contributed by atoms with Gasteiger partial charge in [0.25, 0.3) is 0 Å². The Bertz CT molecular complexity index is 1070. The summed E-state index contributed by atoms with van der Waals surface area (Å²) in [5.74, 6) is -0.351. The normalized spacial score (nSPS) is 12.4. The van der Waals surface area contributed by atoms with Crippen molar-refractivity contribution in [3.8, 4) is 6.07 Å². The fourth-order valence-electron chi connectivity index (χ4n) is 2.91. The third kappa shape index (κ3) is 4.16. The van der Waals surface area contributed by atoms with Crippen LogP contribution >= 0.6 is 34.4 Å². The van der Waals surface area contributed by atoms with Gasteiger partial charge in [0.05, 0.1) is 11.3 Å². The van der Waals surface area contributed by atoms with Crippen LogP contribution in [-0.4, -0.2) is 21.9 Å². The van der Waals surface area contributed by atoms with Crippen molar-refractivity contribution in [2.24, 2.45) is 0 Å². The largest absolute Gasteiger partial charge is 0.330 e. The Morgan fingerprint density at radius 1 is 1.32 bits per heavy atom. The fraction of sp³-hybridized carbons (Fsp3) is 0.222. The number of aromatic nitrogens is 2. The molecule has 0 radical (unpaired) electrons. The number of nitrogens with zero attached hydrogens (tertiary/aromatic N) is 3. The summed E-state index contributed by atoms with van der Waals surface area (Å²) in [4.78, 5) is 13.5. The van der Waals surface area contributed by atoms with Crippen molar-refractivity contribution in [1.82, 2.24) is 10.2 Å². The quantitative estimate of drug-likeness (QED) is 0.556. The van der Waals surface area contributed by atoms with E-state index in [-0.39, 0.29) is 17.5 Å². The van der Waals surface area contributed by atoms with Crippen LogP contribution in [0.15, 0.2) is 28.6 Å². The van der Waals surface area contributed by atoms with Crippen LogP contribution in [-0.2, 0) is 17.6 Å². The van der Waals surface area contributed by atoms with E-state index in [0.717, 1.165) is 24.8 Å². The number of amides is 1. The van der Waals surface area contributed by atoms with Crippen LogP contribution in [0.4, 0.5) is 20.2 Å². The first kappa shape index (κ1) is 18.9. The van der Waals surface area contributed by atoms with Crippen molar-refractivity contribution < 1.29 is 9.18 Å². The summed E-state index contributed by atoms with van der Waals surface area (Å²) in [6.07, 6.45) is 2.96. The van der Waals surface area contributed by atoms with Gasteiger partial charge < -0.3 is 10.6 Å². The SMILES string of the molecule is N#Cc1c(NC(=O)CSc2nnc(Nc3cccc(F)c3)s2)sc2c1CCC2. The number of hydrogen-bond acceptors (Lipinski definition) is 8. The van der Waals surface area contributed by atoms with Crippen LogP contribution in [0.1, 0.15) is 22.4 Å². The van der Waals surface area contributed by atoms with E-state index >= 15 is 0 Å². The van der Waals surface area contributed by atoms with Gasteiger partial charge in [-0.15, -0.1) is 21.5 Å². The van der Waals surface area contributed by atoms with E-state index in [1.54, 1.807) is 12.1 Å². The van der Waals surface area contributed by atoms with Gasteiger partial charge in [0, 0.05) is 10.6 Å². The van der Waals surface area contributed by atoms with Gasteiger partial charge in [-0.25, -0.2) is 4.39 Å². The van der Waals surface area contributed by atoms with Gasteiger partial charge in [-0.2, -0.15) is 5.26 Å². The number of carbonyl (C=O) groups excluding carboxylic acids is 1. The first-order valence-electron chi connectivity index (χ1n) is 8.46. The van der Waals surface area contributed by atoms with Crippen molar-refractivity contribution >= 4 is 56.2 Å². The molecule has 0 atom stereocenters. The van der Waals surface area contributed by atoms with Gasteiger partial charge in [0.2, 0.25) is 11.0 Å². The van der Waals surface area contributed by atoms with Gasteiger partial charge >= 0.3 is 0 Å². The van der Waals surface area contributed by atoms with Crippen LogP contribution in [0.2, 0.25) is 0 Å². The molecule has 0 aliphatic heterocycles. The van der Waals surface area contributed by atoms with E-state index in [9.17, 15) is 14.4 Å². The summed E-state index contributed by atoms with van der Waals surface area (Å²) in [5.41, 5.74) is 2.28. The van der Waals surface area contributed by atoms with Crippen molar-refractivity contribution in [3.05, 3.63) is 46.1 Å². The Morgan fingerprint density at radius 3 is 3.04 bits per heavy atom. The second-order valence-electron chi connectivity index (χ2n) is 6.02. The van der Waals surface area contributed by atoms with Gasteiger partial charge in [-0.05, 0) is 43.0 Å². The molecule has 1 amide bonds. The smallest absolute Gasteiger partial charge is 0.235 e. The van der Waals surface area contributed by atoms with E-state index in [1.165, 1.54) is 51.4 Å². The molecular weight excluding hydrogens is 417 g/mol. The molecule has 0 spiro atoms. The maximum atomic E-state index is 13.2. The Morgan fingerprint density at radius 2 is 2.21 bits per heavy atom. The van der Waals surface area contributed by atoms with Crippen molar-refractivity contribution in [2.45, 2.75) is 23.6 Å². The molecule has 3 aromatic rings. The zero-order valence-electron chi connectivity index (χ0n) is 14.5. The highest BCUT2D eigenvalue weighted by atomic mass is 32.2. The summed E-state index contributed by atoms with van der Waals surface area (Å²) < 4.78 is 13.9. The lowest BCUT2D eigenvalue weighted by Crippen LogP contribution is -2.13. The first-order chi connectivity index (χ1) is 13.6. The molecule has 2 heterocycles. The molecular formula is C18H14FN5OS3. The van der Waals surface area contributed by atoms with E-state index < -0.39 is 0 Å². The Kier molecular flexibility index (Phi) is 5.57. The lowest BCUT2D eigenvalue weighted by Gasteiger charge is -2.02. The van der Waals surface area contributed by atoms with E-state index in [2.05, 4.69) is 26.9 Å². The minimum atomic E-state index is -0.336. The molecule has 0 saturated heterocycles. The van der Waals surface area contributed by atoms with Gasteiger partial charge in [0.15, 0.2) is 4.34 Å². The highest BCUT2D eigenvalue weighted by Crippen LogP contribution is 2.38. The number of rotatable bonds is 6. The van der Waals surface area contributed by atoms with Crippen LogP contribution in [0, 0.1) is 17.1 Å². The number of fused-ring (bicyclic) bond motifs is 1. The number of nitriles is 1. The summed E-state index contributed by atoms with van der Waals surface area (Å²) in [5, 5.41) is 24.4. The minimum absolute atomic E-state index is 0.169. The molecule has 1 aliphatic carbocycles. The minimum Gasteiger partial charge on any atom is -0.330 e. The average Bonchev–Trinajstić information content (AvgIpc) is 3.36. The number of carbonyl (C=O) groups is 1. The number of thioether (sulfide) groups is 1. The number of benzene rings is 1. The van der Waals surface area contributed by atoms with Gasteiger partial charge in [0.1, 0.15) is 16.9 Å². The monoisotopic (exact) mass is 431 g/mol. The zero-order chi connectivity index (χ0) is 19.5. The molecule has 0 unspecified atom stereocenters. The molecule has 2 N–H and O–H groups in total. The molecule has 28 heavy (non-hydrogen) atoms. The Labute approximate surface area is 172 Å². The van der Waals surface area contributed by atoms with Crippen molar-refractivity contribution in [3.63, 3.8) is 0 Å². The molecule has 0 bridgehead atoms. The Balaban J connectivity index is 1.33. The van der Waals surface area contributed by atoms with Crippen LogP contribution in [0.3, 0.4) is 0 Å². The second kappa shape index (κ2) is 8.26. The summed E-state index contributed by atoms with van der Waals surface area (Å²) in [6, 6.07) is 8.29. The van der Waals surface area contributed by atoms with E-state index in [4.69, 9.17) is 0 Å². The molecule has 1 aliphatic rings. The standard InChI is InChI=1S/C18H14FN5OS3/c19-10-3-1-4-11(7-10)21-17-23-24-18(28-17)26-9-15(25)22-16-13(8-20)12-5-2-6-14(12)27-16/h1,3-4,7H,2,5-6,9H2,(H,21,23)(H,22,25). The zero-order valence-corrected chi connectivity index (χ0v) is 16.9. The van der Waals surface area contributed by atoms with Crippen LogP contribution < -0.4 is 10.6 Å². The van der Waals surface area contributed by atoms with Crippen LogP contribution in [0.25, 0.3) is 0 Å². The third-order valence-electron chi connectivity index (χ3n) is 4.10. The topological polar surface area (TPSA) is 90.7 Å². The highest BCUT2D eigenvalue weighted by molar-refractivity contribution is 8.01. The molecule has 1 aromatic carbocycles. The number of halogens is 1. The summed E-state index contributed by atoms with van der Waals surface area (Å²) in [7, 11) is 0. The van der Waals surface area contributed by atoms with Crippen molar-refractivity contribution in [2.75, 3.05) is 16.4 Å². The summed E-state index contributed by atoms with van der Waals surface area (Å²) >= 11 is 4.05. The maximum absolute atomic E-state index is 13.2. The molecule has 0 saturated carbocycles. The van der Waals surface area contributed by atoms with Crippen molar-refractivity contribution in [1.29, 1.82) is 5.26 Å². The van der Waals surface area contributed by atoms with Gasteiger partial charge in [-0.3, -0.25) is 4.79 Å².